The van der Waals surface area contributed by atoms with Gasteiger partial charge in [-0.1, -0.05) is 30.2 Å². The van der Waals surface area contributed by atoms with E-state index < -0.39 is 11.7 Å². The highest BCUT2D eigenvalue weighted by Gasteiger charge is 2.20. The van der Waals surface area contributed by atoms with E-state index in [2.05, 4.69) is 27.5 Å². The van der Waals surface area contributed by atoms with Crippen LogP contribution >= 0.6 is 0 Å². The number of carbonyl (C=O) groups is 2. The summed E-state index contributed by atoms with van der Waals surface area (Å²) in [4.78, 5) is 32.7. The van der Waals surface area contributed by atoms with Crippen molar-refractivity contribution >= 4 is 28.4 Å². The third-order valence-electron chi connectivity index (χ3n) is 4.44. The molecular formula is C23H13FN3O2. The molecule has 6 heteroatoms. The van der Waals surface area contributed by atoms with Gasteiger partial charge < -0.3 is 10.3 Å². The molecule has 29 heavy (non-hydrogen) atoms. The summed E-state index contributed by atoms with van der Waals surface area (Å²) in [5, 5.41) is 2.49. The van der Waals surface area contributed by atoms with Crippen LogP contribution in [0.2, 0.25) is 0 Å². The van der Waals surface area contributed by atoms with E-state index in [-0.39, 0.29) is 28.2 Å². The summed E-state index contributed by atoms with van der Waals surface area (Å²) in [5.74, 6) is 0.565. The number of terminal acetylenes is 1. The maximum absolute atomic E-state index is 14.4. The Labute approximate surface area is 165 Å². The molecule has 139 valence electrons. The number of rotatable bonds is 4. The van der Waals surface area contributed by atoms with Crippen molar-refractivity contribution in [2.75, 3.05) is 5.32 Å². The number of halogens is 1. The number of benzene rings is 3. The normalized spacial score (nSPS) is 10.5. The number of amides is 1. The fourth-order valence-electron chi connectivity index (χ4n) is 2.99. The Balaban J connectivity index is 1.68. The predicted molar refractivity (Wildman–Crippen MR) is 107 cm³/mol. The van der Waals surface area contributed by atoms with Crippen LogP contribution in [0, 0.1) is 24.5 Å². The van der Waals surface area contributed by atoms with Gasteiger partial charge in [0.15, 0.2) is 17.9 Å². The minimum Gasteiger partial charge on any atom is -0.335 e. The molecule has 4 aromatic rings. The molecule has 0 saturated heterocycles. The second-order valence-corrected chi connectivity index (χ2v) is 6.22. The number of nitrogens with one attached hydrogen (secondary N) is 2. The van der Waals surface area contributed by atoms with E-state index in [0.717, 1.165) is 0 Å². The maximum Gasteiger partial charge on any atom is 0.256 e. The third kappa shape index (κ3) is 3.37. The number of nitrogens with zero attached hydrogens (tertiary/aromatic N) is 1. The van der Waals surface area contributed by atoms with Crippen molar-refractivity contribution in [3.05, 3.63) is 95.1 Å². The average Bonchev–Trinajstić information content (AvgIpc) is 3.22. The molecule has 5 nitrogen and oxygen atoms in total. The Hall–Kier alpha value is -4.24. The Morgan fingerprint density at radius 1 is 1.07 bits per heavy atom. The number of fused-ring (bicyclic) bond motifs is 1. The fourth-order valence-corrected chi connectivity index (χ4v) is 2.99. The molecule has 1 radical (unpaired) electrons. The fraction of sp³-hybridized carbons (Fsp3) is 0. The topological polar surface area (TPSA) is 74.8 Å². The minimum atomic E-state index is -0.701. The van der Waals surface area contributed by atoms with Crippen LogP contribution in [0.3, 0.4) is 0 Å². The molecule has 0 aliphatic heterocycles. The molecule has 4 rings (SSSR count). The van der Waals surface area contributed by atoms with Crippen LogP contribution < -0.4 is 5.32 Å². The van der Waals surface area contributed by atoms with Crippen LogP contribution in [0.4, 0.5) is 10.1 Å². The molecule has 0 unspecified atom stereocenters. The number of aromatic amines is 1. The number of aromatic nitrogens is 2. The number of hydrogen-bond acceptors (Lipinski definition) is 3. The van der Waals surface area contributed by atoms with Crippen LogP contribution in [0.1, 0.15) is 31.8 Å². The van der Waals surface area contributed by atoms with E-state index in [1.807, 2.05) is 0 Å². The Bertz CT molecular complexity index is 1300. The minimum absolute atomic E-state index is 0.0387. The molecule has 0 saturated carbocycles. The van der Waals surface area contributed by atoms with Crippen LogP contribution in [0.25, 0.3) is 11.0 Å². The van der Waals surface area contributed by atoms with Gasteiger partial charge >= 0.3 is 0 Å². The predicted octanol–water partition coefficient (Wildman–Crippen LogP) is 3.97. The molecule has 2 N–H and O–H groups in total. The molecular weight excluding hydrogens is 369 g/mol. The van der Waals surface area contributed by atoms with Crippen LogP contribution in [0.5, 0.6) is 0 Å². The molecule has 0 aliphatic rings. The molecule has 1 amide bonds. The quantitative estimate of drug-likeness (QED) is 0.414. The lowest BCUT2D eigenvalue weighted by Crippen LogP contribution is -2.17. The van der Waals surface area contributed by atoms with Crippen molar-refractivity contribution in [1.29, 1.82) is 0 Å². The highest BCUT2D eigenvalue weighted by Crippen LogP contribution is 2.21. The highest BCUT2D eigenvalue weighted by atomic mass is 19.1. The van der Waals surface area contributed by atoms with Gasteiger partial charge in [-0.15, -0.1) is 6.42 Å². The van der Waals surface area contributed by atoms with Gasteiger partial charge in [0.05, 0.1) is 27.8 Å². The monoisotopic (exact) mass is 382 g/mol. The summed E-state index contributed by atoms with van der Waals surface area (Å²) < 4.78 is 14.4. The highest BCUT2D eigenvalue weighted by molar-refractivity contribution is 6.18. The van der Waals surface area contributed by atoms with Crippen molar-refractivity contribution < 1.29 is 14.0 Å². The second-order valence-electron chi connectivity index (χ2n) is 6.22. The van der Waals surface area contributed by atoms with E-state index in [1.165, 1.54) is 18.2 Å². The van der Waals surface area contributed by atoms with Gasteiger partial charge in [0.2, 0.25) is 0 Å². The first-order valence-corrected chi connectivity index (χ1v) is 8.64. The molecule has 1 aromatic heterocycles. The summed E-state index contributed by atoms with van der Waals surface area (Å²) in [6.07, 6.45) is 7.88. The Morgan fingerprint density at radius 3 is 2.66 bits per heavy atom. The zero-order valence-corrected chi connectivity index (χ0v) is 15.0. The van der Waals surface area contributed by atoms with E-state index >= 15 is 0 Å². The summed E-state index contributed by atoms with van der Waals surface area (Å²) in [5.41, 5.74) is 2.03. The van der Waals surface area contributed by atoms with Gasteiger partial charge in [0.1, 0.15) is 0 Å². The van der Waals surface area contributed by atoms with Gasteiger partial charge in [-0.25, -0.2) is 9.37 Å². The van der Waals surface area contributed by atoms with Crippen molar-refractivity contribution in [3.63, 3.8) is 0 Å². The summed E-state index contributed by atoms with van der Waals surface area (Å²) in [6.45, 7) is 0. The zero-order valence-electron chi connectivity index (χ0n) is 15.0. The summed E-state index contributed by atoms with van der Waals surface area (Å²) in [6, 6.07) is 15.7. The first-order chi connectivity index (χ1) is 14.1. The van der Waals surface area contributed by atoms with Crippen molar-refractivity contribution in [1.82, 2.24) is 9.97 Å². The molecule has 3 aromatic carbocycles. The SMILES string of the molecule is C#Cc1cccc(NC(=O)c2ccccc2C(=O)c2ccc3n[c][nH]c3c2)c1F. The summed E-state index contributed by atoms with van der Waals surface area (Å²) >= 11 is 0. The number of ketones is 1. The van der Waals surface area contributed by atoms with Crippen molar-refractivity contribution in [2.24, 2.45) is 0 Å². The maximum atomic E-state index is 14.4. The number of anilines is 1. The van der Waals surface area contributed by atoms with Crippen LogP contribution in [0.15, 0.2) is 60.7 Å². The molecule has 0 fully saturated rings. The second kappa shape index (κ2) is 7.41. The number of hydrogen-bond donors (Lipinski definition) is 2. The molecule has 0 aliphatic carbocycles. The molecule has 0 bridgehead atoms. The molecule has 1 heterocycles. The average molecular weight is 382 g/mol. The summed E-state index contributed by atoms with van der Waals surface area (Å²) in [7, 11) is 0. The lowest BCUT2D eigenvalue weighted by Gasteiger charge is -2.11. The van der Waals surface area contributed by atoms with Gasteiger partial charge in [-0.3, -0.25) is 9.59 Å². The van der Waals surface area contributed by atoms with E-state index in [4.69, 9.17) is 6.42 Å². The molecule has 0 atom stereocenters. The lowest BCUT2D eigenvalue weighted by molar-refractivity contribution is 0.0996. The van der Waals surface area contributed by atoms with Gasteiger partial charge in [-0.2, -0.15) is 0 Å². The number of carbonyl (C=O) groups excluding carboxylic acids is 2. The Kier molecular flexibility index (Phi) is 4.63. The van der Waals surface area contributed by atoms with Crippen LogP contribution in [-0.2, 0) is 0 Å². The number of imidazole rings is 1. The first kappa shape index (κ1) is 18.1. The molecule has 0 spiro atoms. The zero-order chi connectivity index (χ0) is 20.4. The largest absolute Gasteiger partial charge is 0.335 e. The van der Waals surface area contributed by atoms with E-state index in [0.29, 0.717) is 16.6 Å². The van der Waals surface area contributed by atoms with E-state index in [1.54, 1.807) is 42.5 Å². The van der Waals surface area contributed by atoms with Gasteiger partial charge in [0, 0.05) is 11.1 Å². The van der Waals surface area contributed by atoms with Crippen molar-refractivity contribution in [3.8, 4) is 12.3 Å². The van der Waals surface area contributed by atoms with Gasteiger partial charge in [0.25, 0.3) is 5.91 Å². The van der Waals surface area contributed by atoms with E-state index in [9.17, 15) is 14.0 Å². The smallest absolute Gasteiger partial charge is 0.256 e. The number of H-pyrrole nitrogens is 1. The lowest BCUT2D eigenvalue weighted by atomic mass is 9.97. The van der Waals surface area contributed by atoms with Crippen LogP contribution in [-0.4, -0.2) is 21.7 Å². The van der Waals surface area contributed by atoms with Crippen molar-refractivity contribution in [2.45, 2.75) is 0 Å². The third-order valence-corrected chi connectivity index (χ3v) is 4.44. The first-order valence-electron chi connectivity index (χ1n) is 8.64. The van der Waals surface area contributed by atoms with Gasteiger partial charge in [-0.05, 0) is 36.4 Å². The Morgan fingerprint density at radius 2 is 1.86 bits per heavy atom. The standard InChI is InChI=1S/C23H13FN3O2/c1-2-14-6-5-9-19(21(14)24)27-23(29)17-8-4-3-7-16(17)22(28)15-10-11-18-20(12-15)26-13-25-18/h1,3-12H,(H,25,26)(H,27,29).